The molecular formula is C11H10F3N3O2. The standard InChI is InChI=1S/C11H10F3N3O2/c12-11(13,14)3-4-19-10-16-8-2-1-6(15)5-7(8)9(18)17-10/h1-2,5H,3-4,15H2,(H,16,17,18). The van der Waals surface area contributed by atoms with E-state index in [1.807, 2.05) is 0 Å². The molecule has 0 bridgehead atoms. The minimum Gasteiger partial charge on any atom is -0.464 e. The summed E-state index contributed by atoms with van der Waals surface area (Å²) < 4.78 is 40.6. The van der Waals surface area contributed by atoms with E-state index >= 15 is 0 Å². The lowest BCUT2D eigenvalue weighted by Gasteiger charge is -2.08. The molecule has 3 N–H and O–H groups in total. The molecule has 0 unspecified atom stereocenters. The summed E-state index contributed by atoms with van der Waals surface area (Å²) >= 11 is 0. The van der Waals surface area contributed by atoms with Gasteiger partial charge in [-0.15, -0.1) is 0 Å². The number of hydrogen-bond acceptors (Lipinski definition) is 4. The van der Waals surface area contributed by atoms with E-state index in [0.29, 0.717) is 11.2 Å². The number of alkyl halides is 3. The van der Waals surface area contributed by atoms with E-state index in [-0.39, 0.29) is 11.4 Å². The Morgan fingerprint density at radius 1 is 1.37 bits per heavy atom. The summed E-state index contributed by atoms with van der Waals surface area (Å²) in [6, 6.07) is 4.22. The van der Waals surface area contributed by atoms with Crippen LogP contribution in [0.15, 0.2) is 23.0 Å². The van der Waals surface area contributed by atoms with Gasteiger partial charge in [0.2, 0.25) is 0 Å². The van der Waals surface area contributed by atoms with Gasteiger partial charge in [-0.05, 0) is 18.2 Å². The fourth-order valence-corrected chi connectivity index (χ4v) is 1.47. The maximum Gasteiger partial charge on any atom is 0.392 e. The molecule has 5 nitrogen and oxygen atoms in total. The predicted molar refractivity (Wildman–Crippen MR) is 62.9 cm³/mol. The molecule has 1 aromatic carbocycles. The highest BCUT2D eigenvalue weighted by molar-refractivity contribution is 5.81. The molecule has 0 aliphatic rings. The first-order valence-electron chi connectivity index (χ1n) is 5.34. The van der Waals surface area contributed by atoms with Crippen molar-refractivity contribution in [1.29, 1.82) is 0 Å². The fourth-order valence-electron chi connectivity index (χ4n) is 1.47. The number of nitrogens with zero attached hydrogens (tertiary/aromatic N) is 1. The minimum absolute atomic E-state index is 0.244. The Kier molecular flexibility index (Phi) is 3.32. The van der Waals surface area contributed by atoms with Crippen molar-refractivity contribution in [3.8, 4) is 6.01 Å². The smallest absolute Gasteiger partial charge is 0.392 e. The van der Waals surface area contributed by atoms with Gasteiger partial charge in [0.05, 0.1) is 17.3 Å². The molecule has 0 aliphatic carbocycles. The zero-order valence-electron chi connectivity index (χ0n) is 9.62. The van der Waals surface area contributed by atoms with E-state index < -0.39 is 24.8 Å². The number of benzene rings is 1. The molecule has 1 heterocycles. The number of hydrogen-bond donors (Lipinski definition) is 2. The van der Waals surface area contributed by atoms with Crippen LogP contribution in [0.4, 0.5) is 18.9 Å². The Bertz CT molecular complexity index is 652. The minimum atomic E-state index is -4.31. The van der Waals surface area contributed by atoms with Crippen LogP contribution in [0.2, 0.25) is 0 Å². The van der Waals surface area contributed by atoms with Crippen molar-refractivity contribution >= 4 is 16.6 Å². The molecule has 19 heavy (non-hydrogen) atoms. The summed E-state index contributed by atoms with van der Waals surface area (Å²) in [5.41, 5.74) is 5.71. The number of ether oxygens (including phenoxy) is 1. The Morgan fingerprint density at radius 2 is 2.11 bits per heavy atom. The number of aromatic amines is 1. The van der Waals surface area contributed by atoms with Gasteiger partial charge >= 0.3 is 6.18 Å². The number of nitrogen functional groups attached to an aromatic ring is 1. The molecule has 2 aromatic rings. The van der Waals surface area contributed by atoms with Crippen LogP contribution in [0.25, 0.3) is 10.9 Å². The Morgan fingerprint density at radius 3 is 2.79 bits per heavy atom. The molecule has 0 saturated carbocycles. The van der Waals surface area contributed by atoms with E-state index in [2.05, 4.69) is 9.97 Å². The molecular weight excluding hydrogens is 263 g/mol. The van der Waals surface area contributed by atoms with Crippen molar-refractivity contribution in [3.63, 3.8) is 0 Å². The monoisotopic (exact) mass is 273 g/mol. The van der Waals surface area contributed by atoms with Gasteiger partial charge in [0.1, 0.15) is 6.61 Å². The second kappa shape index (κ2) is 4.79. The van der Waals surface area contributed by atoms with Crippen LogP contribution < -0.4 is 16.0 Å². The molecule has 2 rings (SSSR count). The summed E-state index contributed by atoms with van der Waals surface area (Å²) in [6.07, 6.45) is -5.43. The molecule has 0 amide bonds. The molecule has 0 atom stereocenters. The highest BCUT2D eigenvalue weighted by Gasteiger charge is 2.27. The average Bonchev–Trinajstić information content (AvgIpc) is 2.28. The first-order chi connectivity index (χ1) is 8.85. The molecule has 0 aliphatic heterocycles. The molecule has 0 spiro atoms. The van der Waals surface area contributed by atoms with Crippen LogP contribution in [-0.4, -0.2) is 22.8 Å². The zero-order chi connectivity index (χ0) is 14.0. The third kappa shape index (κ3) is 3.36. The summed E-state index contributed by atoms with van der Waals surface area (Å²) in [4.78, 5) is 17.8. The lowest BCUT2D eigenvalue weighted by atomic mass is 10.2. The number of rotatable bonds is 3. The van der Waals surface area contributed by atoms with Gasteiger partial charge < -0.3 is 10.5 Å². The molecule has 8 heteroatoms. The van der Waals surface area contributed by atoms with Gasteiger partial charge in [0.25, 0.3) is 11.6 Å². The largest absolute Gasteiger partial charge is 0.464 e. The van der Waals surface area contributed by atoms with Crippen LogP contribution in [0.5, 0.6) is 6.01 Å². The van der Waals surface area contributed by atoms with Crippen LogP contribution in [0.3, 0.4) is 0 Å². The van der Waals surface area contributed by atoms with E-state index in [1.54, 1.807) is 0 Å². The number of halogens is 3. The number of anilines is 1. The van der Waals surface area contributed by atoms with Crippen LogP contribution in [0.1, 0.15) is 6.42 Å². The highest BCUT2D eigenvalue weighted by atomic mass is 19.4. The molecule has 102 valence electrons. The Balaban J connectivity index is 2.22. The van der Waals surface area contributed by atoms with Crippen molar-refractivity contribution in [2.45, 2.75) is 12.6 Å². The maximum atomic E-state index is 11.9. The number of nitrogens with one attached hydrogen (secondary N) is 1. The van der Waals surface area contributed by atoms with E-state index in [4.69, 9.17) is 10.5 Å². The summed E-state index contributed by atoms with van der Waals surface area (Å²) in [7, 11) is 0. The molecule has 1 aromatic heterocycles. The summed E-state index contributed by atoms with van der Waals surface area (Å²) in [5, 5.41) is 0.253. The topological polar surface area (TPSA) is 81.0 Å². The summed E-state index contributed by atoms with van der Waals surface area (Å²) in [6.45, 7) is -0.604. The number of aromatic nitrogens is 2. The third-order valence-corrected chi connectivity index (χ3v) is 2.33. The normalized spacial score (nSPS) is 11.7. The first kappa shape index (κ1) is 13.2. The van der Waals surface area contributed by atoms with Crippen LogP contribution >= 0.6 is 0 Å². The quantitative estimate of drug-likeness (QED) is 0.836. The van der Waals surface area contributed by atoms with E-state index in [0.717, 1.165) is 0 Å². The van der Waals surface area contributed by atoms with E-state index in [9.17, 15) is 18.0 Å². The van der Waals surface area contributed by atoms with Gasteiger partial charge in [-0.3, -0.25) is 9.78 Å². The van der Waals surface area contributed by atoms with Gasteiger partial charge in [0, 0.05) is 5.69 Å². The Labute approximate surface area is 105 Å². The number of H-pyrrole nitrogens is 1. The second-order valence-electron chi connectivity index (χ2n) is 3.86. The highest BCUT2D eigenvalue weighted by Crippen LogP contribution is 2.19. The SMILES string of the molecule is Nc1ccc2nc(OCCC(F)(F)F)[nH]c(=O)c2c1. The number of fused-ring (bicyclic) bond motifs is 1. The van der Waals surface area contributed by atoms with Crippen molar-refractivity contribution in [2.24, 2.45) is 0 Å². The second-order valence-corrected chi connectivity index (χ2v) is 3.86. The molecule has 0 fully saturated rings. The van der Waals surface area contributed by atoms with Crippen molar-refractivity contribution in [1.82, 2.24) is 9.97 Å². The number of nitrogens with two attached hydrogens (primary N) is 1. The van der Waals surface area contributed by atoms with Crippen molar-refractivity contribution in [3.05, 3.63) is 28.6 Å². The van der Waals surface area contributed by atoms with Gasteiger partial charge in [-0.1, -0.05) is 0 Å². The van der Waals surface area contributed by atoms with Crippen molar-refractivity contribution < 1.29 is 17.9 Å². The van der Waals surface area contributed by atoms with Crippen molar-refractivity contribution in [2.75, 3.05) is 12.3 Å². The molecule has 0 saturated heterocycles. The average molecular weight is 273 g/mol. The van der Waals surface area contributed by atoms with Gasteiger partial charge in [-0.25, -0.2) is 0 Å². The first-order valence-corrected chi connectivity index (χ1v) is 5.34. The van der Waals surface area contributed by atoms with E-state index in [1.165, 1.54) is 18.2 Å². The lowest BCUT2D eigenvalue weighted by molar-refractivity contribution is -0.139. The fraction of sp³-hybridized carbons (Fsp3) is 0.273. The lowest BCUT2D eigenvalue weighted by Crippen LogP contribution is -2.16. The van der Waals surface area contributed by atoms with Gasteiger partial charge in [-0.2, -0.15) is 18.2 Å². The molecule has 0 radical (unpaired) electrons. The van der Waals surface area contributed by atoms with Crippen LogP contribution in [-0.2, 0) is 0 Å². The van der Waals surface area contributed by atoms with Gasteiger partial charge in [0.15, 0.2) is 0 Å². The Hall–Kier alpha value is -2.25. The maximum absolute atomic E-state index is 11.9. The van der Waals surface area contributed by atoms with Crippen LogP contribution in [0, 0.1) is 0 Å². The third-order valence-electron chi connectivity index (χ3n) is 2.33. The summed E-state index contributed by atoms with van der Waals surface area (Å²) in [5.74, 6) is 0. The predicted octanol–water partition coefficient (Wildman–Crippen LogP) is 1.84. The zero-order valence-corrected chi connectivity index (χ0v) is 9.62.